The molecule has 2 atom stereocenters. The zero-order chi connectivity index (χ0) is 16.5. The summed E-state index contributed by atoms with van der Waals surface area (Å²) < 4.78 is 0. The number of hydrogen-bond donors (Lipinski definition) is 3. The molecule has 0 aliphatic carbocycles. The number of rotatable bonds is 7. The molecule has 2 unspecified atom stereocenters. The number of piperidine rings is 1. The minimum absolute atomic E-state index is 0.0544. The Kier molecular flexibility index (Phi) is 7.00. The molecule has 1 saturated heterocycles. The normalized spacial score (nSPS) is 18.9. The minimum Gasteiger partial charge on any atom is -0.354 e. The lowest BCUT2D eigenvalue weighted by atomic mass is 9.85. The highest BCUT2D eigenvalue weighted by Crippen LogP contribution is 2.22. The Labute approximate surface area is 137 Å². The maximum Gasteiger partial charge on any atom is 0.252 e. The Morgan fingerprint density at radius 2 is 2.22 bits per heavy atom. The highest BCUT2D eigenvalue weighted by Gasteiger charge is 2.21. The van der Waals surface area contributed by atoms with Gasteiger partial charge >= 0.3 is 0 Å². The zero-order valence-electron chi connectivity index (χ0n) is 13.7. The molecule has 1 aromatic rings. The van der Waals surface area contributed by atoms with Gasteiger partial charge in [0.05, 0.1) is 5.56 Å². The van der Waals surface area contributed by atoms with Gasteiger partial charge in [-0.25, -0.2) is 0 Å². The highest BCUT2D eigenvalue weighted by atomic mass is 16.2. The summed E-state index contributed by atoms with van der Waals surface area (Å²) in [6, 6.07) is 3.43. The molecule has 6 nitrogen and oxygen atoms in total. The first kappa shape index (κ1) is 17.4. The fraction of sp³-hybridized carbons (Fsp3) is 0.588. The summed E-state index contributed by atoms with van der Waals surface area (Å²) in [6.07, 6.45) is 6.08. The molecule has 1 aliphatic heterocycles. The molecule has 1 aliphatic rings. The topological polar surface area (TPSA) is 83.1 Å². The standard InChI is InChI=1S/C17H26N4O2/c1-13(14-4-2-6-18-11-14)10-16(22)20-8-9-21-17(23)15-5-3-7-19-12-15/h3,5,7,12-14,18H,2,4,6,8-11H2,1H3,(H,20,22)(H,21,23). The van der Waals surface area contributed by atoms with E-state index in [2.05, 4.69) is 27.9 Å². The maximum absolute atomic E-state index is 12.0. The number of pyridine rings is 1. The van der Waals surface area contributed by atoms with Crippen molar-refractivity contribution in [2.24, 2.45) is 11.8 Å². The molecular weight excluding hydrogens is 292 g/mol. The van der Waals surface area contributed by atoms with Crippen LogP contribution in [0.2, 0.25) is 0 Å². The lowest BCUT2D eigenvalue weighted by molar-refractivity contribution is -0.122. The van der Waals surface area contributed by atoms with E-state index in [0.717, 1.165) is 13.1 Å². The van der Waals surface area contributed by atoms with Crippen LogP contribution in [0.5, 0.6) is 0 Å². The van der Waals surface area contributed by atoms with E-state index in [1.165, 1.54) is 19.0 Å². The van der Waals surface area contributed by atoms with Gasteiger partial charge in [0.2, 0.25) is 5.91 Å². The van der Waals surface area contributed by atoms with Crippen LogP contribution in [0, 0.1) is 11.8 Å². The van der Waals surface area contributed by atoms with Crippen molar-refractivity contribution in [3.8, 4) is 0 Å². The van der Waals surface area contributed by atoms with Gasteiger partial charge in [-0.2, -0.15) is 0 Å². The van der Waals surface area contributed by atoms with E-state index in [1.54, 1.807) is 18.3 Å². The fourth-order valence-electron chi connectivity index (χ4n) is 2.87. The van der Waals surface area contributed by atoms with Crippen LogP contribution in [-0.4, -0.2) is 43.0 Å². The highest BCUT2D eigenvalue weighted by molar-refractivity contribution is 5.93. The lowest BCUT2D eigenvalue weighted by Crippen LogP contribution is -2.37. The molecule has 0 spiro atoms. The molecule has 1 fully saturated rings. The first-order valence-electron chi connectivity index (χ1n) is 8.32. The van der Waals surface area contributed by atoms with Gasteiger partial charge in [0.25, 0.3) is 5.91 Å². The first-order chi connectivity index (χ1) is 11.2. The van der Waals surface area contributed by atoms with E-state index in [9.17, 15) is 9.59 Å². The Hall–Kier alpha value is -1.95. The van der Waals surface area contributed by atoms with Gasteiger partial charge in [-0.15, -0.1) is 0 Å². The summed E-state index contributed by atoms with van der Waals surface area (Å²) in [5.41, 5.74) is 0.525. The number of amides is 2. The molecule has 2 amide bonds. The molecule has 6 heteroatoms. The van der Waals surface area contributed by atoms with Crippen LogP contribution in [0.15, 0.2) is 24.5 Å². The quantitative estimate of drug-likeness (QED) is 0.654. The summed E-state index contributed by atoms with van der Waals surface area (Å²) in [5, 5.41) is 9.02. The average Bonchev–Trinajstić information content (AvgIpc) is 2.60. The number of aromatic nitrogens is 1. The average molecular weight is 318 g/mol. The second-order valence-electron chi connectivity index (χ2n) is 6.14. The van der Waals surface area contributed by atoms with Gasteiger partial charge in [-0.1, -0.05) is 6.92 Å². The Morgan fingerprint density at radius 1 is 1.39 bits per heavy atom. The second-order valence-corrected chi connectivity index (χ2v) is 6.14. The van der Waals surface area contributed by atoms with Crippen molar-refractivity contribution in [1.82, 2.24) is 20.9 Å². The molecule has 2 rings (SSSR count). The van der Waals surface area contributed by atoms with E-state index >= 15 is 0 Å². The zero-order valence-corrected chi connectivity index (χ0v) is 13.7. The second kappa shape index (κ2) is 9.25. The number of carbonyl (C=O) groups is 2. The van der Waals surface area contributed by atoms with Crippen molar-refractivity contribution in [1.29, 1.82) is 0 Å². The third kappa shape index (κ3) is 5.98. The van der Waals surface area contributed by atoms with Crippen molar-refractivity contribution in [2.45, 2.75) is 26.2 Å². The molecule has 0 saturated carbocycles. The van der Waals surface area contributed by atoms with Crippen LogP contribution in [0.1, 0.15) is 36.5 Å². The number of nitrogens with zero attached hydrogens (tertiary/aromatic N) is 1. The van der Waals surface area contributed by atoms with Gasteiger partial charge < -0.3 is 16.0 Å². The Balaban J connectivity index is 1.60. The third-order valence-electron chi connectivity index (χ3n) is 4.30. The van der Waals surface area contributed by atoms with E-state index in [1.807, 2.05) is 0 Å². The lowest BCUT2D eigenvalue weighted by Gasteiger charge is -2.28. The molecule has 0 bridgehead atoms. The third-order valence-corrected chi connectivity index (χ3v) is 4.30. The monoisotopic (exact) mass is 318 g/mol. The van der Waals surface area contributed by atoms with Crippen LogP contribution >= 0.6 is 0 Å². The largest absolute Gasteiger partial charge is 0.354 e. The minimum atomic E-state index is -0.172. The number of hydrogen-bond acceptors (Lipinski definition) is 4. The Morgan fingerprint density at radius 3 is 2.91 bits per heavy atom. The summed E-state index contributed by atoms with van der Waals surface area (Å²) in [5.74, 6) is 0.847. The van der Waals surface area contributed by atoms with Gasteiger partial charge in [-0.05, 0) is 49.9 Å². The van der Waals surface area contributed by atoms with Crippen LogP contribution in [0.4, 0.5) is 0 Å². The van der Waals surface area contributed by atoms with Crippen molar-refractivity contribution in [3.63, 3.8) is 0 Å². The predicted octanol–water partition coefficient (Wildman–Crippen LogP) is 0.953. The Bertz CT molecular complexity index is 501. The van der Waals surface area contributed by atoms with Gasteiger partial charge in [0.1, 0.15) is 0 Å². The fourth-order valence-corrected chi connectivity index (χ4v) is 2.87. The van der Waals surface area contributed by atoms with Crippen molar-refractivity contribution in [3.05, 3.63) is 30.1 Å². The van der Waals surface area contributed by atoms with Gasteiger partial charge in [0.15, 0.2) is 0 Å². The maximum atomic E-state index is 12.0. The van der Waals surface area contributed by atoms with Gasteiger partial charge in [0, 0.05) is 31.9 Å². The van der Waals surface area contributed by atoms with E-state index in [4.69, 9.17) is 0 Å². The van der Waals surface area contributed by atoms with Crippen LogP contribution in [0.3, 0.4) is 0 Å². The molecule has 23 heavy (non-hydrogen) atoms. The van der Waals surface area contributed by atoms with Crippen LogP contribution < -0.4 is 16.0 Å². The molecular formula is C17H26N4O2. The summed E-state index contributed by atoms with van der Waals surface area (Å²) >= 11 is 0. The molecule has 1 aromatic heterocycles. The number of carbonyl (C=O) groups excluding carboxylic acids is 2. The predicted molar refractivity (Wildman–Crippen MR) is 89.0 cm³/mol. The summed E-state index contributed by atoms with van der Waals surface area (Å²) in [4.78, 5) is 27.7. The van der Waals surface area contributed by atoms with Crippen molar-refractivity contribution >= 4 is 11.8 Å². The molecule has 2 heterocycles. The first-order valence-corrected chi connectivity index (χ1v) is 8.32. The molecule has 3 N–H and O–H groups in total. The van der Waals surface area contributed by atoms with E-state index < -0.39 is 0 Å². The molecule has 126 valence electrons. The van der Waals surface area contributed by atoms with Crippen molar-refractivity contribution in [2.75, 3.05) is 26.2 Å². The number of nitrogens with one attached hydrogen (secondary N) is 3. The van der Waals surface area contributed by atoms with Gasteiger partial charge in [-0.3, -0.25) is 14.6 Å². The van der Waals surface area contributed by atoms with Crippen LogP contribution in [0.25, 0.3) is 0 Å². The molecule has 0 radical (unpaired) electrons. The summed E-state index contributed by atoms with van der Waals surface area (Å²) in [7, 11) is 0. The van der Waals surface area contributed by atoms with E-state index in [0.29, 0.717) is 36.9 Å². The molecule has 0 aromatic carbocycles. The SMILES string of the molecule is CC(CC(=O)NCCNC(=O)c1cccnc1)C1CCCNC1. The van der Waals surface area contributed by atoms with Crippen LogP contribution in [-0.2, 0) is 4.79 Å². The smallest absolute Gasteiger partial charge is 0.252 e. The van der Waals surface area contributed by atoms with Crippen molar-refractivity contribution < 1.29 is 9.59 Å². The summed E-state index contributed by atoms with van der Waals surface area (Å²) in [6.45, 7) is 5.10. The van der Waals surface area contributed by atoms with E-state index in [-0.39, 0.29) is 11.8 Å².